The molecule has 0 aromatic heterocycles. The number of amides is 2. The van der Waals surface area contributed by atoms with E-state index >= 15 is 0 Å². The fourth-order valence-corrected chi connectivity index (χ4v) is 5.95. The third-order valence-corrected chi connectivity index (χ3v) is 8.64. The molecular weight excluding hydrogens is 457 g/mol. The van der Waals surface area contributed by atoms with Gasteiger partial charge in [-0.2, -0.15) is 4.31 Å². The number of piperidine rings is 2. The largest absolute Gasteiger partial charge is 0.339 e. The molecule has 0 unspecified atom stereocenters. The van der Waals surface area contributed by atoms with Crippen LogP contribution in [0.4, 0.5) is 10.1 Å². The van der Waals surface area contributed by atoms with Crippen LogP contribution in [0.15, 0.2) is 53.4 Å². The summed E-state index contributed by atoms with van der Waals surface area (Å²) < 4.78 is 40.7. The molecular formula is C25H30FN3O4S. The van der Waals surface area contributed by atoms with Gasteiger partial charge in [-0.3, -0.25) is 9.59 Å². The predicted molar refractivity (Wildman–Crippen MR) is 127 cm³/mol. The fourth-order valence-electron chi connectivity index (χ4n) is 4.48. The van der Waals surface area contributed by atoms with Crippen LogP contribution in [-0.4, -0.2) is 55.6 Å². The number of hydrogen-bond donors (Lipinski definition) is 1. The normalized spacial score (nSPS) is 18.6. The number of nitrogens with zero attached hydrogens (tertiary/aromatic N) is 2. The molecule has 1 N–H and O–H groups in total. The number of sulfonamides is 1. The van der Waals surface area contributed by atoms with E-state index in [1.165, 1.54) is 34.6 Å². The van der Waals surface area contributed by atoms with Crippen molar-refractivity contribution in [1.29, 1.82) is 0 Å². The van der Waals surface area contributed by atoms with Crippen LogP contribution in [0.1, 0.15) is 43.0 Å². The van der Waals surface area contributed by atoms with E-state index in [0.29, 0.717) is 56.2 Å². The number of anilines is 1. The molecule has 9 heteroatoms. The van der Waals surface area contributed by atoms with Crippen molar-refractivity contribution in [3.63, 3.8) is 0 Å². The number of halogens is 1. The maximum Gasteiger partial charge on any atom is 0.253 e. The Balaban J connectivity index is 1.31. The van der Waals surface area contributed by atoms with Crippen LogP contribution in [0.2, 0.25) is 0 Å². The molecule has 34 heavy (non-hydrogen) atoms. The van der Waals surface area contributed by atoms with Crippen molar-refractivity contribution in [2.75, 3.05) is 31.5 Å². The van der Waals surface area contributed by atoms with Gasteiger partial charge in [-0.1, -0.05) is 13.0 Å². The summed E-state index contributed by atoms with van der Waals surface area (Å²) in [6.45, 7) is 4.02. The van der Waals surface area contributed by atoms with Crippen LogP contribution < -0.4 is 5.32 Å². The van der Waals surface area contributed by atoms with E-state index in [-0.39, 0.29) is 22.6 Å². The van der Waals surface area contributed by atoms with E-state index in [0.717, 1.165) is 12.8 Å². The summed E-state index contributed by atoms with van der Waals surface area (Å²) >= 11 is 0. The summed E-state index contributed by atoms with van der Waals surface area (Å²) in [5.41, 5.74) is 0.839. The number of hydrogen-bond acceptors (Lipinski definition) is 4. The van der Waals surface area contributed by atoms with Gasteiger partial charge in [0.15, 0.2) is 0 Å². The highest BCUT2D eigenvalue weighted by molar-refractivity contribution is 7.89. The third kappa shape index (κ3) is 5.47. The molecule has 2 heterocycles. The minimum Gasteiger partial charge on any atom is -0.339 e. The molecule has 2 aliphatic heterocycles. The molecule has 0 spiro atoms. The van der Waals surface area contributed by atoms with Crippen LogP contribution in [0, 0.1) is 17.7 Å². The van der Waals surface area contributed by atoms with Crippen LogP contribution in [0.5, 0.6) is 0 Å². The standard InChI is InChI=1S/C25H30FN3O4S/c1-18-9-15-29(16-10-18)34(32,33)23-7-5-22(6-8-23)27-24(30)19-11-13-28(14-12-19)25(31)20-3-2-4-21(26)17-20/h2-8,17-19H,9-16H2,1H3,(H,27,30). The minimum atomic E-state index is -3.53. The Bertz CT molecular complexity index is 1140. The molecule has 0 saturated carbocycles. The number of benzene rings is 2. The Morgan fingerprint density at radius 1 is 0.941 bits per heavy atom. The third-order valence-electron chi connectivity index (χ3n) is 6.73. The van der Waals surface area contributed by atoms with Crippen molar-refractivity contribution in [3.05, 3.63) is 59.9 Å². The van der Waals surface area contributed by atoms with Gasteiger partial charge >= 0.3 is 0 Å². The Labute approximate surface area is 200 Å². The Morgan fingerprint density at radius 3 is 2.21 bits per heavy atom. The zero-order chi connectivity index (χ0) is 24.3. The van der Waals surface area contributed by atoms with Crippen molar-refractivity contribution in [3.8, 4) is 0 Å². The van der Waals surface area contributed by atoms with Gasteiger partial charge in [0.1, 0.15) is 5.82 Å². The maximum atomic E-state index is 13.4. The average molecular weight is 488 g/mol. The molecule has 2 aromatic rings. The molecule has 2 aliphatic rings. The lowest BCUT2D eigenvalue weighted by molar-refractivity contribution is -0.121. The SMILES string of the molecule is CC1CCN(S(=O)(=O)c2ccc(NC(=O)C3CCN(C(=O)c4cccc(F)c4)CC3)cc2)CC1. The van der Waals surface area contributed by atoms with Gasteiger partial charge in [-0.05, 0) is 74.1 Å². The van der Waals surface area contributed by atoms with Gasteiger partial charge in [-0.25, -0.2) is 12.8 Å². The first-order valence-corrected chi connectivity index (χ1v) is 13.1. The minimum absolute atomic E-state index is 0.154. The van der Waals surface area contributed by atoms with E-state index in [2.05, 4.69) is 12.2 Å². The number of likely N-dealkylation sites (tertiary alicyclic amines) is 1. The smallest absolute Gasteiger partial charge is 0.253 e. The summed E-state index contributed by atoms with van der Waals surface area (Å²) in [5, 5.41) is 2.86. The first-order chi connectivity index (χ1) is 16.2. The highest BCUT2D eigenvalue weighted by atomic mass is 32.2. The van der Waals surface area contributed by atoms with E-state index < -0.39 is 15.8 Å². The molecule has 0 aliphatic carbocycles. The van der Waals surface area contributed by atoms with Gasteiger partial charge < -0.3 is 10.2 Å². The van der Waals surface area contributed by atoms with E-state index in [4.69, 9.17) is 0 Å². The average Bonchev–Trinajstić information content (AvgIpc) is 2.84. The number of nitrogens with one attached hydrogen (secondary N) is 1. The van der Waals surface area contributed by atoms with E-state index in [1.807, 2.05) is 0 Å². The summed E-state index contributed by atoms with van der Waals surface area (Å²) in [6.07, 6.45) is 2.74. The molecule has 2 aromatic carbocycles. The summed E-state index contributed by atoms with van der Waals surface area (Å²) in [7, 11) is -3.53. The van der Waals surface area contributed by atoms with E-state index in [9.17, 15) is 22.4 Å². The predicted octanol–water partition coefficient (Wildman–Crippen LogP) is 3.74. The van der Waals surface area contributed by atoms with Crippen molar-refractivity contribution in [1.82, 2.24) is 9.21 Å². The maximum absolute atomic E-state index is 13.4. The van der Waals surface area contributed by atoms with Gasteiger partial charge in [0, 0.05) is 43.3 Å². The monoisotopic (exact) mass is 487 g/mol. The Morgan fingerprint density at radius 2 is 1.59 bits per heavy atom. The summed E-state index contributed by atoms with van der Waals surface area (Å²) in [5.74, 6) is -0.563. The van der Waals surface area contributed by atoms with E-state index in [1.54, 1.807) is 23.1 Å². The van der Waals surface area contributed by atoms with Gasteiger partial charge in [0.25, 0.3) is 5.91 Å². The topological polar surface area (TPSA) is 86.8 Å². The molecule has 2 fully saturated rings. The highest BCUT2D eigenvalue weighted by Gasteiger charge is 2.29. The Hall–Kier alpha value is -2.78. The van der Waals surface area contributed by atoms with Crippen LogP contribution in [0.25, 0.3) is 0 Å². The second kappa shape index (κ2) is 10.2. The quantitative estimate of drug-likeness (QED) is 0.696. The number of carbonyl (C=O) groups excluding carboxylic acids is 2. The molecule has 4 rings (SSSR count). The lowest BCUT2D eigenvalue weighted by Crippen LogP contribution is -2.41. The number of rotatable bonds is 5. The van der Waals surface area contributed by atoms with Gasteiger partial charge in [-0.15, -0.1) is 0 Å². The van der Waals surface area contributed by atoms with Crippen LogP contribution in [-0.2, 0) is 14.8 Å². The number of carbonyl (C=O) groups is 2. The lowest BCUT2D eigenvalue weighted by Gasteiger charge is -2.31. The first kappa shape index (κ1) is 24.3. The summed E-state index contributed by atoms with van der Waals surface area (Å²) in [6, 6.07) is 11.9. The lowest BCUT2D eigenvalue weighted by atomic mass is 9.95. The van der Waals surface area contributed by atoms with Crippen LogP contribution in [0.3, 0.4) is 0 Å². The highest BCUT2D eigenvalue weighted by Crippen LogP contribution is 2.25. The molecule has 0 bridgehead atoms. The second-order valence-corrected chi connectivity index (χ2v) is 11.1. The molecule has 7 nitrogen and oxygen atoms in total. The molecule has 0 atom stereocenters. The second-order valence-electron chi connectivity index (χ2n) is 9.18. The van der Waals surface area contributed by atoms with Gasteiger partial charge in [0.05, 0.1) is 4.90 Å². The van der Waals surface area contributed by atoms with Crippen molar-refractivity contribution < 1.29 is 22.4 Å². The van der Waals surface area contributed by atoms with Crippen molar-refractivity contribution in [2.45, 2.75) is 37.5 Å². The van der Waals surface area contributed by atoms with Crippen molar-refractivity contribution >= 4 is 27.5 Å². The molecule has 2 saturated heterocycles. The van der Waals surface area contributed by atoms with Crippen LogP contribution >= 0.6 is 0 Å². The van der Waals surface area contributed by atoms with Gasteiger partial charge in [0.2, 0.25) is 15.9 Å². The summed E-state index contributed by atoms with van der Waals surface area (Å²) in [4.78, 5) is 27.2. The molecule has 0 radical (unpaired) electrons. The zero-order valence-electron chi connectivity index (χ0n) is 19.2. The molecule has 182 valence electrons. The zero-order valence-corrected chi connectivity index (χ0v) is 20.1. The Kier molecular flexibility index (Phi) is 7.33. The fraction of sp³-hybridized carbons (Fsp3) is 0.440. The molecule has 2 amide bonds. The first-order valence-electron chi connectivity index (χ1n) is 11.7. The van der Waals surface area contributed by atoms with Crippen molar-refractivity contribution in [2.24, 2.45) is 11.8 Å².